The molecule has 0 spiro atoms. The van der Waals surface area contributed by atoms with E-state index in [-0.39, 0.29) is 0 Å². The van der Waals surface area contributed by atoms with Crippen LogP contribution in [-0.2, 0) is 12.8 Å². The molecule has 1 heteroatoms. The van der Waals surface area contributed by atoms with Gasteiger partial charge in [-0.2, -0.15) is 0 Å². The molecule has 0 heterocycles. The number of hydrogen-bond acceptors (Lipinski definition) is 0. The van der Waals surface area contributed by atoms with Crippen LogP contribution >= 0.6 is 11.6 Å². The Morgan fingerprint density at radius 2 is 1.66 bits per heavy atom. The van der Waals surface area contributed by atoms with Crippen molar-refractivity contribution in [2.75, 3.05) is 0 Å². The molecule has 29 heavy (non-hydrogen) atoms. The fraction of sp³-hybridized carbons (Fsp3) is 0.500. The van der Waals surface area contributed by atoms with Crippen molar-refractivity contribution >= 4 is 11.6 Å². The number of benzene rings is 2. The van der Waals surface area contributed by atoms with Gasteiger partial charge in [0, 0.05) is 16.5 Å². The van der Waals surface area contributed by atoms with E-state index in [0.717, 1.165) is 23.4 Å². The third-order valence-electron chi connectivity index (χ3n) is 6.36. The molecule has 0 atom stereocenters. The highest BCUT2D eigenvalue weighted by molar-refractivity contribution is 6.31. The summed E-state index contributed by atoms with van der Waals surface area (Å²) in [6, 6.07) is 15.6. The highest BCUT2D eigenvalue weighted by Gasteiger charge is 2.21. The van der Waals surface area contributed by atoms with Gasteiger partial charge in [0.1, 0.15) is 0 Å². The van der Waals surface area contributed by atoms with Gasteiger partial charge in [0.2, 0.25) is 0 Å². The highest BCUT2D eigenvalue weighted by atomic mass is 35.5. The van der Waals surface area contributed by atoms with Crippen LogP contribution in [0.25, 0.3) is 0 Å². The molecule has 154 valence electrons. The second-order valence-corrected chi connectivity index (χ2v) is 8.94. The first-order valence-electron chi connectivity index (χ1n) is 11.6. The van der Waals surface area contributed by atoms with Crippen molar-refractivity contribution in [1.82, 2.24) is 0 Å². The molecule has 1 aliphatic rings. The summed E-state index contributed by atoms with van der Waals surface area (Å²) in [5.74, 6) is 8.15. The SMILES string of the molecule is CCCCCCc1ccc(C#C[C@H]2CC[C@H](c3ccc(CC)cc3)CC2)cc1Cl. The molecule has 2 aromatic rings. The molecule has 3 rings (SSSR count). The zero-order chi connectivity index (χ0) is 20.5. The fourth-order valence-electron chi connectivity index (χ4n) is 4.35. The maximum atomic E-state index is 6.50. The summed E-state index contributed by atoms with van der Waals surface area (Å²) in [4.78, 5) is 0. The van der Waals surface area contributed by atoms with Crippen LogP contribution in [0.1, 0.15) is 93.4 Å². The first-order valence-corrected chi connectivity index (χ1v) is 12.0. The van der Waals surface area contributed by atoms with E-state index in [9.17, 15) is 0 Å². The van der Waals surface area contributed by atoms with Crippen LogP contribution < -0.4 is 0 Å². The van der Waals surface area contributed by atoms with Crippen LogP contribution in [0.15, 0.2) is 42.5 Å². The third-order valence-corrected chi connectivity index (χ3v) is 6.71. The first-order chi connectivity index (χ1) is 14.2. The third kappa shape index (κ3) is 6.65. The van der Waals surface area contributed by atoms with E-state index in [0.29, 0.717) is 11.8 Å². The van der Waals surface area contributed by atoms with Crippen molar-refractivity contribution in [3.05, 3.63) is 69.7 Å². The molecule has 2 aromatic carbocycles. The van der Waals surface area contributed by atoms with Crippen LogP contribution in [0.3, 0.4) is 0 Å². The Morgan fingerprint density at radius 3 is 2.31 bits per heavy atom. The molecule has 1 aliphatic carbocycles. The highest BCUT2D eigenvalue weighted by Crippen LogP contribution is 2.35. The molecular weight excluding hydrogens is 372 g/mol. The maximum absolute atomic E-state index is 6.50. The van der Waals surface area contributed by atoms with Gasteiger partial charge in [-0.15, -0.1) is 0 Å². The van der Waals surface area contributed by atoms with Gasteiger partial charge in [-0.25, -0.2) is 0 Å². The lowest BCUT2D eigenvalue weighted by molar-refractivity contribution is 0.384. The van der Waals surface area contributed by atoms with Crippen molar-refractivity contribution in [3.8, 4) is 11.8 Å². The second-order valence-electron chi connectivity index (χ2n) is 8.53. The topological polar surface area (TPSA) is 0 Å². The van der Waals surface area contributed by atoms with E-state index in [1.54, 1.807) is 0 Å². The van der Waals surface area contributed by atoms with Crippen molar-refractivity contribution in [2.45, 2.75) is 84.0 Å². The fourth-order valence-corrected chi connectivity index (χ4v) is 4.63. The van der Waals surface area contributed by atoms with E-state index >= 15 is 0 Å². The van der Waals surface area contributed by atoms with Crippen molar-refractivity contribution in [1.29, 1.82) is 0 Å². The molecule has 0 amide bonds. The van der Waals surface area contributed by atoms with Crippen molar-refractivity contribution < 1.29 is 0 Å². The predicted octanol–water partition coefficient (Wildman–Crippen LogP) is 8.35. The zero-order valence-electron chi connectivity index (χ0n) is 18.1. The lowest BCUT2D eigenvalue weighted by Crippen LogP contribution is -2.12. The van der Waals surface area contributed by atoms with Crippen molar-refractivity contribution in [3.63, 3.8) is 0 Å². The van der Waals surface area contributed by atoms with Gasteiger partial charge in [0.15, 0.2) is 0 Å². The van der Waals surface area contributed by atoms with Gasteiger partial charge in [0.05, 0.1) is 0 Å². The summed E-state index contributed by atoms with van der Waals surface area (Å²) in [7, 11) is 0. The van der Waals surface area contributed by atoms with Crippen LogP contribution in [0.4, 0.5) is 0 Å². The number of halogens is 1. The molecule has 0 aromatic heterocycles. The van der Waals surface area contributed by atoms with Gasteiger partial charge in [-0.1, -0.05) is 86.9 Å². The predicted molar refractivity (Wildman–Crippen MR) is 127 cm³/mol. The minimum atomic E-state index is 0.522. The normalized spacial score (nSPS) is 18.9. The van der Waals surface area contributed by atoms with E-state index in [2.05, 4.69) is 68.2 Å². The largest absolute Gasteiger partial charge is 0.0945 e. The summed E-state index contributed by atoms with van der Waals surface area (Å²) in [5.41, 5.74) is 5.27. The summed E-state index contributed by atoms with van der Waals surface area (Å²) in [6.45, 7) is 4.46. The Hall–Kier alpha value is -1.71. The Balaban J connectivity index is 1.51. The van der Waals surface area contributed by atoms with Crippen molar-refractivity contribution in [2.24, 2.45) is 5.92 Å². The first kappa shape index (κ1) is 22.0. The standard InChI is InChI=1S/C28H35Cl/c1-3-5-6-7-8-27-20-15-24(21-28(27)29)10-9-23-13-18-26(19-14-23)25-16-11-22(4-2)12-17-25/h11-12,15-17,20-21,23,26H,3-8,13-14,18-19H2,1-2H3/t23-,26-. The quantitative estimate of drug-likeness (QED) is 0.320. The number of unbranched alkanes of at least 4 members (excludes halogenated alkanes) is 3. The Labute approximate surface area is 183 Å². The average Bonchev–Trinajstić information content (AvgIpc) is 2.77. The molecule has 0 nitrogen and oxygen atoms in total. The van der Waals surface area contributed by atoms with Crippen LogP contribution in [-0.4, -0.2) is 0 Å². The summed E-state index contributed by atoms with van der Waals surface area (Å²) >= 11 is 6.50. The summed E-state index contributed by atoms with van der Waals surface area (Å²) in [6.07, 6.45) is 12.2. The molecule has 0 bridgehead atoms. The van der Waals surface area contributed by atoms with Crippen LogP contribution in [0.5, 0.6) is 0 Å². The van der Waals surface area contributed by atoms with Gasteiger partial charge in [-0.3, -0.25) is 0 Å². The zero-order valence-corrected chi connectivity index (χ0v) is 18.9. The van der Waals surface area contributed by atoms with Crippen LogP contribution in [0.2, 0.25) is 5.02 Å². The molecule has 0 N–H and O–H groups in total. The van der Waals surface area contributed by atoms with E-state index < -0.39 is 0 Å². The molecule has 0 radical (unpaired) electrons. The van der Waals surface area contributed by atoms with Gasteiger partial charge in [0.25, 0.3) is 0 Å². The maximum Gasteiger partial charge on any atom is 0.0450 e. The minimum Gasteiger partial charge on any atom is -0.0945 e. The molecular formula is C28H35Cl. The number of aryl methyl sites for hydroxylation is 2. The molecule has 0 saturated heterocycles. The molecule has 1 fully saturated rings. The van der Waals surface area contributed by atoms with Gasteiger partial charge in [-0.05, 0) is 79.7 Å². The van der Waals surface area contributed by atoms with Gasteiger partial charge >= 0.3 is 0 Å². The van der Waals surface area contributed by atoms with E-state index in [1.807, 2.05) is 0 Å². The summed E-state index contributed by atoms with van der Waals surface area (Å²) < 4.78 is 0. The van der Waals surface area contributed by atoms with E-state index in [4.69, 9.17) is 11.6 Å². The Kier molecular flexibility index (Phi) is 8.69. The molecule has 1 saturated carbocycles. The Morgan fingerprint density at radius 1 is 0.897 bits per heavy atom. The lowest BCUT2D eigenvalue weighted by Gasteiger charge is -2.26. The van der Waals surface area contributed by atoms with Crippen LogP contribution in [0, 0.1) is 17.8 Å². The molecule has 0 aliphatic heterocycles. The lowest BCUT2D eigenvalue weighted by atomic mass is 9.79. The van der Waals surface area contributed by atoms with E-state index in [1.165, 1.54) is 68.1 Å². The smallest absolute Gasteiger partial charge is 0.0450 e. The molecule has 0 unspecified atom stereocenters. The number of rotatable bonds is 7. The summed E-state index contributed by atoms with van der Waals surface area (Å²) in [5, 5.41) is 0.882. The Bertz CT molecular complexity index is 814. The monoisotopic (exact) mass is 406 g/mol. The van der Waals surface area contributed by atoms with Gasteiger partial charge < -0.3 is 0 Å². The average molecular weight is 407 g/mol. The second kappa shape index (κ2) is 11.5. The minimum absolute atomic E-state index is 0.522. The number of hydrogen-bond donors (Lipinski definition) is 0.